The van der Waals surface area contributed by atoms with Crippen LogP contribution < -0.4 is 4.90 Å². The molecule has 0 amide bonds. The van der Waals surface area contributed by atoms with Gasteiger partial charge < -0.3 is 14.4 Å². The number of phenols is 1. The van der Waals surface area contributed by atoms with Crippen molar-refractivity contribution < 1.29 is 9.52 Å². The summed E-state index contributed by atoms with van der Waals surface area (Å²) >= 11 is 6.29. The maximum atomic E-state index is 10.4. The third kappa shape index (κ3) is 2.83. The fourth-order valence-electron chi connectivity index (χ4n) is 3.28. The lowest BCUT2D eigenvalue weighted by atomic mass is 10.1. The number of para-hydroxylation sites is 1. The van der Waals surface area contributed by atoms with E-state index in [4.69, 9.17) is 16.0 Å². The molecule has 3 aromatic rings. The van der Waals surface area contributed by atoms with Crippen LogP contribution in [0.3, 0.4) is 0 Å². The van der Waals surface area contributed by atoms with Gasteiger partial charge in [-0.15, -0.1) is 0 Å². The predicted octanol–water partition coefficient (Wildman–Crippen LogP) is 4.11. The van der Waals surface area contributed by atoms with E-state index in [-0.39, 0.29) is 5.75 Å². The van der Waals surface area contributed by atoms with Crippen molar-refractivity contribution in [1.29, 1.82) is 0 Å². The highest BCUT2D eigenvalue weighted by molar-refractivity contribution is 6.33. The van der Waals surface area contributed by atoms with Gasteiger partial charge in [0.15, 0.2) is 11.3 Å². The molecular formula is C19H19ClN2O2. The molecule has 1 aliphatic heterocycles. The van der Waals surface area contributed by atoms with E-state index in [9.17, 15) is 5.11 Å². The molecule has 24 heavy (non-hydrogen) atoms. The standard InChI is InChI=1S/C19H19ClN2O2/c20-16-3-1-2-4-17(16)22-10-8-21(9-11-22)13-15-6-5-14-7-12-24-19(14)18(15)23/h1-7,12,23H,8-11,13H2. The second kappa shape index (κ2) is 6.38. The summed E-state index contributed by atoms with van der Waals surface area (Å²) in [6.07, 6.45) is 1.61. The van der Waals surface area contributed by atoms with Crippen molar-refractivity contribution in [3.8, 4) is 5.75 Å². The maximum Gasteiger partial charge on any atom is 0.175 e. The molecule has 0 bridgehead atoms. The predicted molar refractivity (Wildman–Crippen MR) is 96.8 cm³/mol. The van der Waals surface area contributed by atoms with E-state index in [1.165, 1.54) is 0 Å². The summed E-state index contributed by atoms with van der Waals surface area (Å²) in [5.74, 6) is 0.256. The molecule has 1 aromatic heterocycles. The van der Waals surface area contributed by atoms with Crippen LogP contribution in [0.15, 0.2) is 53.1 Å². The summed E-state index contributed by atoms with van der Waals surface area (Å²) in [5, 5.41) is 12.1. The summed E-state index contributed by atoms with van der Waals surface area (Å²) in [6, 6.07) is 13.8. The topological polar surface area (TPSA) is 39.9 Å². The first-order valence-electron chi connectivity index (χ1n) is 8.12. The normalized spacial score (nSPS) is 16.0. The van der Waals surface area contributed by atoms with E-state index in [1.807, 2.05) is 36.4 Å². The summed E-state index contributed by atoms with van der Waals surface area (Å²) in [5.41, 5.74) is 2.57. The van der Waals surface area contributed by atoms with Gasteiger partial charge in [0, 0.05) is 43.7 Å². The largest absolute Gasteiger partial charge is 0.504 e. The molecule has 1 saturated heterocycles. The zero-order valence-corrected chi connectivity index (χ0v) is 14.0. The highest BCUT2D eigenvalue weighted by Crippen LogP contribution is 2.31. The van der Waals surface area contributed by atoms with Crippen molar-refractivity contribution >= 4 is 28.3 Å². The quantitative estimate of drug-likeness (QED) is 0.777. The number of furan rings is 1. The number of nitrogens with zero attached hydrogens (tertiary/aromatic N) is 2. The molecule has 124 valence electrons. The Hall–Kier alpha value is -2.17. The number of hydrogen-bond donors (Lipinski definition) is 1. The molecule has 5 heteroatoms. The van der Waals surface area contributed by atoms with Gasteiger partial charge in [0.1, 0.15) is 0 Å². The number of phenolic OH excluding ortho intramolecular Hbond substituents is 1. The molecule has 1 aliphatic rings. The van der Waals surface area contributed by atoms with Gasteiger partial charge in [0.05, 0.1) is 17.0 Å². The summed E-state index contributed by atoms with van der Waals surface area (Å²) in [6.45, 7) is 4.43. The molecule has 0 aliphatic carbocycles. The van der Waals surface area contributed by atoms with Crippen LogP contribution in [0.4, 0.5) is 5.69 Å². The number of fused-ring (bicyclic) bond motifs is 1. The molecule has 1 N–H and O–H groups in total. The zero-order chi connectivity index (χ0) is 16.5. The minimum Gasteiger partial charge on any atom is -0.504 e. The van der Waals surface area contributed by atoms with Gasteiger partial charge in [0.2, 0.25) is 0 Å². The Labute approximate surface area is 145 Å². The number of halogens is 1. The van der Waals surface area contributed by atoms with Gasteiger partial charge >= 0.3 is 0 Å². The minimum absolute atomic E-state index is 0.256. The van der Waals surface area contributed by atoms with Crippen molar-refractivity contribution in [2.24, 2.45) is 0 Å². The smallest absolute Gasteiger partial charge is 0.175 e. The fraction of sp³-hybridized carbons (Fsp3) is 0.263. The first-order valence-corrected chi connectivity index (χ1v) is 8.50. The lowest BCUT2D eigenvalue weighted by Crippen LogP contribution is -2.46. The molecule has 0 radical (unpaired) electrons. The number of benzene rings is 2. The number of anilines is 1. The van der Waals surface area contributed by atoms with E-state index >= 15 is 0 Å². The molecule has 0 saturated carbocycles. The highest BCUT2D eigenvalue weighted by atomic mass is 35.5. The average Bonchev–Trinajstić information content (AvgIpc) is 3.08. The van der Waals surface area contributed by atoms with Crippen LogP contribution in [0.2, 0.25) is 5.02 Å². The summed E-state index contributed by atoms with van der Waals surface area (Å²) in [7, 11) is 0. The minimum atomic E-state index is 0.256. The Bertz CT molecular complexity index is 853. The SMILES string of the molecule is Oc1c(CN2CCN(c3ccccc3Cl)CC2)ccc2ccoc12. The van der Waals surface area contributed by atoms with Crippen LogP contribution >= 0.6 is 11.6 Å². The van der Waals surface area contributed by atoms with E-state index in [1.54, 1.807) is 6.26 Å². The van der Waals surface area contributed by atoms with E-state index in [2.05, 4.69) is 15.9 Å². The molecule has 0 atom stereocenters. The molecule has 0 spiro atoms. The van der Waals surface area contributed by atoms with Crippen LogP contribution in [0.5, 0.6) is 5.75 Å². The van der Waals surface area contributed by atoms with Crippen LogP contribution in [0, 0.1) is 0 Å². The average molecular weight is 343 g/mol. The van der Waals surface area contributed by atoms with Crippen LogP contribution in [0.1, 0.15) is 5.56 Å². The van der Waals surface area contributed by atoms with Gasteiger partial charge in [-0.3, -0.25) is 4.90 Å². The lowest BCUT2D eigenvalue weighted by Gasteiger charge is -2.36. The molecular weight excluding hydrogens is 324 g/mol. The van der Waals surface area contributed by atoms with Crippen molar-refractivity contribution in [1.82, 2.24) is 4.90 Å². The lowest BCUT2D eigenvalue weighted by molar-refractivity contribution is 0.247. The third-order valence-electron chi connectivity index (χ3n) is 4.64. The highest BCUT2D eigenvalue weighted by Gasteiger charge is 2.20. The Kier molecular flexibility index (Phi) is 4.08. The van der Waals surface area contributed by atoms with Crippen LogP contribution in [-0.2, 0) is 6.54 Å². The van der Waals surface area contributed by atoms with E-state index in [0.29, 0.717) is 5.58 Å². The zero-order valence-electron chi connectivity index (χ0n) is 13.3. The van der Waals surface area contributed by atoms with Crippen molar-refractivity contribution in [2.75, 3.05) is 31.1 Å². The van der Waals surface area contributed by atoms with Crippen LogP contribution in [0.25, 0.3) is 11.0 Å². The Morgan fingerprint density at radius 3 is 2.58 bits per heavy atom. The van der Waals surface area contributed by atoms with Crippen molar-refractivity contribution in [3.63, 3.8) is 0 Å². The first-order chi connectivity index (χ1) is 11.7. The molecule has 4 nitrogen and oxygen atoms in total. The van der Waals surface area contributed by atoms with Gasteiger partial charge in [0.25, 0.3) is 0 Å². The molecule has 4 rings (SSSR count). The van der Waals surface area contributed by atoms with Gasteiger partial charge in [-0.05, 0) is 18.2 Å². The number of piperazine rings is 1. The molecule has 2 aromatic carbocycles. The van der Waals surface area contributed by atoms with Gasteiger partial charge in [-0.2, -0.15) is 0 Å². The van der Waals surface area contributed by atoms with Gasteiger partial charge in [-0.1, -0.05) is 35.9 Å². The number of aromatic hydroxyl groups is 1. The second-order valence-electron chi connectivity index (χ2n) is 6.13. The molecule has 0 unspecified atom stereocenters. The number of hydrogen-bond acceptors (Lipinski definition) is 4. The molecule has 2 heterocycles. The number of rotatable bonds is 3. The van der Waals surface area contributed by atoms with Crippen LogP contribution in [-0.4, -0.2) is 36.2 Å². The Morgan fingerprint density at radius 2 is 1.79 bits per heavy atom. The van der Waals surface area contributed by atoms with Crippen molar-refractivity contribution in [2.45, 2.75) is 6.54 Å². The Morgan fingerprint density at radius 1 is 1.00 bits per heavy atom. The second-order valence-corrected chi connectivity index (χ2v) is 6.53. The van der Waals surface area contributed by atoms with E-state index in [0.717, 1.165) is 54.4 Å². The third-order valence-corrected chi connectivity index (χ3v) is 4.96. The Balaban J connectivity index is 1.44. The maximum absolute atomic E-state index is 10.4. The van der Waals surface area contributed by atoms with Crippen molar-refractivity contribution in [3.05, 3.63) is 59.3 Å². The molecule has 1 fully saturated rings. The fourth-order valence-corrected chi connectivity index (χ4v) is 3.54. The van der Waals surface area contributed by atoms with Gasteiger partial charge in [-0.25, -0.2) is 0 Å². The summed E-state index contributed by atoms with van der Waals surface area (Å²) in [4.78, 5) is 4.66. The summed E-state index contributed by atoms with van der Waals surface area (Å²) < 4.78 is 5.38. The first kappa shape index (κ1) is 15.4. The van der Waals surface area contributed by atoms with E-state index < -0.39 is 0 Å². The monoisotopic (exact) mass is 342 g/mol.